The van der Waals surface area contributed by atoms with E-state index in [1.54, 1.807) is 0 Å². The molecule has 0 aromatic carbocycles. The first kappa shape index (κ1) is 7.73. The summed E-state index contributed by atoms with van der Waals surface area (Å²) in [6, 6.07) is 0. The largest absolute Gasteiger partial charge is 0.394 e. The zero-order valence-electron chi connectivity index (χ0n) is 7.19. The van der Waals surface area contributed by atoms with Crippen molar-refractivity contribution in [2.24, 2.45) is 0 Å². The van der Waals surface area contributed by atoms with Gasteiger partial charge in [0.1, 0.15) is 11.6 Å². The molecular weight excluding hydrogens is 154 g/mol. The van der Waals surface area contributed by atoms with E-state index in [1.807, 2.05) is 11.6 Å². The smallest absolute Gasteiger partial charge is 0.147 e. The molecule has 1 fully saturated rings. The van der Waals surface area contributed by atoms with Crippen LogP contribution in [-0.4, -0.2) is 26.5 Å². The van der Waals surface area contributed by atoms with Gasteiger partial charge in [-0.15, -0.1) is 0 Å². The number of hydrogen-bond acceptors (Lipinski definition) is 3. The van der Waals surface area contributed by atoms with Crippen LogP contribution in [0.5, 0.6) is 0 Å². The number of aliphatic hydroxyl groups excluding tert-OH is 1. The Morgan fingerprint density at radius 2 is 2.33 bits per heavy atom. The second kappa shape index (κ2) is 2.86. The SMILES string of the molecule is Cc1nc(C2CC2)n(CCO)n1. The van der Waals surface area contributed by atoms with E-state index >= 15 is 0 Å². The summed E-state index contributed by atoms with van der Waals surface area (Å²) in [6.45, 7) is 2.61. The molecule has 2 rings (SSSR count). The lowest BCUT2D eigenvalue weighted by Gasteiger charge is -2.00. The van der Waals surface area contributed by atoms with Gasteiger partial charge in [0.15, 0.2) is 0 Å². The summed E-state index contributed by atoms with van der Waals surface area (Å²) in [5.41, 5.74) is 0. The molecule has 1 aliphatic carbocycles. The predicted molar refractivity (Wildman–Crippen MR) is 43.8 cm³/mol. The van der Waals surface area contributed by atoms with Gasteiger partial charge < -0.3 is 5.11 Å². The van der Waals surface area contributed by atoms with Gasteiger partial charge in [-0.05, 0) is 19.8 Å². The van der Waals surface area contributed by atoms with Crippen LogP contribution in [0.25, 0.3) is 0 Å². The van der Waals surface area contributed by atoms with Crippen LogP contribution in [0.2, 0.25) is 0 Å². The monoisotopic (exact) mass is 167 g/mol. The van der Waals surface area contributed by atoms with Crippen molar-refractivity contribution in [2.45, 2.75) is 32.2 Å². The van der Waals surface area contributed by atoms with Crippen LogP contribution >= 0.6 is 0 Å². The number of aromatic nitrogens is 3. The highest BCUT2D eigenvalue weighted by Gasteiger charge is 2.28. The molecule has 0 spiro atoms. The van der Waals surface area contributed by atoms with Crippen molar-refractivity contribution in [2.75, 3.05) is 6.61 Å². The molecule has 4 nitrogen and oxygen atoms in total. The predicted octanol–water partition coefficient (Wildman–Crippen LogP) is 0.456. The molecule has 4 heteroatoms. The molecule has 1 aromatic heterocycles. The Hall–Kier alpha value is -0.900. The molecular formula is C8H13N3O. The van der Waals surface area contributed by atoms with Crippen molar-refractivity contribution in [1.82, 2.24) is 14.8 Å². The minimum Gasteiger partial charge on any atom is -0.394 e. The standard InChI is InChI=1S/C8H13N3O/c1-6-9-8(7-2-3-7)11(10-6)4-5-12/h7,12H,2-5H2,1H3. The molecule has 0 unspecified atom stereocenters. The summed E-state index contributed by atoms with van der Waals surface area (Å²) in [7, 11) is 0. The summed E-state index contributed by atoms with van der Waals surface area (Å²) in [4.78, 5) is 4.33. The molecule has 1 aromatic rings. The maximum Gasteiger partial charge on any atom is 0.147 e. The molecule has 1 aliphatic rings. The quantitative estimate of drug-likeness (QED) is 0.711. The van der Waals surface area contributed by atoms with E-state index in [4.69, 9.17) is 5.11 Å². The summed E-state index contributed by atoms with van der Waals surface area (Å²) >= 11 is 0. The topological polar surface area (TPSA) is 50.9 Å². The Kier molecular flexibility index (Phi) is 1.84. The molecule has 1 N–H and O–H groups in total. The highest BCUT2D eigenvalue weighted by atomic mass is 16.3. The number of rotatable bonds is 3. The van der Waals surface area contributed by atoms with Gasteiger partial charge in [0, 0.05) is 5.92 Å². The average Bonchev–Trinajstić information content (AvgIpc) is 2.79. The van der Waals surface area contributed by atoms with Gasteiger partial charge in [0.2, 0.25) is 0 Å². The van der Waals surface area contributed by atoms with Gasteiger partial charge in [-0.1, -0.05) is 0 Å². The van der Waals surface area contributed by atoms with Crippen molar-refractivity contribution < 1.29 is 5.11 Å². The molecule has 1 heterocycles. The molecule has 0 bridgehead atoms. The maximum atomic E-state index is 8.77. The van der Waals surface area contributed by atoms with Crippen LogP contribution in [0.3, 0.4) is 0 Å². The van der Waals surface area contributed by atoms with Crippen LogP contribution in [0.4, 0.5) is 0 Å². The summed E-state index contributed by atoms with van der Waals surface area (Å²) in [5, 5.41) is 13.0. The van der Waals surface area contributed by atoms with E-state index in [1.165, 1.54) is 12.8 Å². The minimum atomic E-state index is 0.141. The first-order valence-corrected chi connectivity index (χ1v) is 4.33. The van der Waals surface area contributed by atoms with Crippen LogP contribution in [0, 0.1) is 6.92 Å². The molecule has 12 heavy (non-hydrogen) atoms. The van der Waals surface area contributed by atoms with Crippen molar-refractivity contribution in [3.8, 4) is 0 Å². The molecule has 0 amide bonds. The lowest BCUT2D eigenvalue weighted by Crippen LogP contribution is -2.07. The Bertz CT molecular complexity index is 278. The Morgan fingerprint density at radius 3 is 2.92 bits per heavy atom. The van der Waals surface area contributed by atoms with Crippen molar-refractivity contribution in [3.05, 3.63) is 11.6 Å². The maximum absolute atomic E-state index is 8.77. The summed E-state index contributed by atoms with van der Waals surface area (Å²) < 4.78 is 1.83. The van der Waals surface area contributed by atoms with Gasteiger partial charge in [-0.25, -0.2) is 9.67 Å². The van der Waals surface area contributed by atoms with Crippen molar-refractivity contribution >= 4 is 0 Å². The van der Waals surface area contributed by atoms with Crippen LogP contribution < -0.4 is 0 Å². The number of aliphatic hydroxyl groups is 1. The van der Waals surface area contributed by atoms with Gasteiger partial charge in [0.05, 0.1) is 13.2 Å². The second-order valence-electron chi connectivity index (χ2n) is 3.24. The first-order chi connectivity index (χ1) is 5.81. The number of nitrogens with zero attached hydrogens (tertiary/aromatic N) is 3. The van der Waals surface area contributed by atoms with E-state index in [2.05, 4.69) is 10.1 Å². The first-order valence-electron chi connectivity index (χ1n) is 4.33. The fourth-order valence-electron chi connectivity index (χ4n) is 1.37. The summed E-state index contributed by atoms with van der Waals surface area (Å²) in [5.74, 6) is 2.48. The van der Waals surface area contributed by atoms with E-state index in [0.29, 0.717) is 12.5 Å². The van der Waals surface area contributed by atoms with E-state index in [0.717, 1.165) is 11.6 Å². The van der Waals surface area contributed by atoms with Gasteiger partial charge in [-0.3, -0.25) is 0 Å². The number of aryl methyl sites for hydroxylation is 1. The Labute approximate surface area is 71.2 Å². The van der Waals surface area contributed by atoms with Crippen LogP contribution in [-0.2, 0) is 6.54 Å². The third-order valence-corrected chi connectivity index (χ3v) is 2.06. The highest BCUT2D eigenvalue weighted by molar-refractivity contribution is 5.06. The van der Waals surface area contributed by atoms with Gasteiger partial charge >= 0.3 is 0 Å². The molecule has 1 saturated carbocycles. The van der Waals surface area contributed by atoms with E-state index in [9.17, 15) is 0 Å². The Morgan fingerprint density at radius 1 is 1.58 bits per heavy atom. The third-order valence-electron chi connectivity index (χ3n) is 2.06. The zero-order chi connectivity index (χ0) is 8.55. The van der Waals surface area contributed by atoms with Gasteiger partial charge in [-0.2, -0.15) is 5.10 Å². The third kappa shape index (κ3) is 1.34. The molecule has 66 valence electrons. The van der Waals surface area contributed by atoms with Crippen LogP contribution in [0.15, 0.2) is 0 Å². The zero-order valence-corrected chi connectivity index (χ0v) is 7.19. The summed E-state index contributed by atoms with van der Waals surface area (Å²) in [6.07, 6.45) is 2.45. The van der Waals surface area contributed by atoms with Gasteiger partial charge in [0.25, 0.3) is 0 Å². The Balaban J connectivity index is 2.24. The minimum absolute atomic E-state index is 0.141. The highest BCUT2D eigenvalue weighted by Crippen LogP contribution is 2.38. The molecule has 0 radical (unpaired) electrons. The fraction of sp³-hybridized carbons (Fsp3) is 0.750. The molecule has 0 saturated heterocycles. The lowest BCUT2D eigenvalue weighted by atomic mass is 10.4. The van der Waals surface area contributed by atoms with Crippen molar-refractivity contribution in [3.63, 3.8) is 0 Å². The molecule has 0 atom stereocenters. The second-order valence-corrected chi connectivity index (χ2v) is 3.24. The number of hydrogen-bond donors (Lipinski definition) is 1. The lowest BCUT2D eigenvalue weighted by molar-refractivity contribution is 0.267. The van der Waals surface area contributed by atoms with Crippen molar-refractivity contribution in [1.29, 1.82) is 0 Å². The normalized spacial score (nSPS) is 16.8. The average molecular weight is 167 g/mol. The van der Waals surface area contributed by atoms with Crippen LogP contribution in [0.1, 0.15) is 30.4 Å². The van der Waals surface area contributed by atoms with E-state index < -0.39 is 0 Å². The van der Waals surface area contributed by atoms with E-state index in [-0.39, 0.29) is 6.61 Å². The molecule has 0 aliphatic heterocycles. The fourth-order valence-corrected chi connectivity index (χ4v) is 1.37.